The van der Waals surface area contributed by atoms with Crippen LogP contribution in [0, 0.1) is 0 Å². The third-order valence-electron chi connectivity index (χ3n) is 11.4. The van der Waals surface area contributed by atoms with Crippen LogP contribution in [-0.2, 0) is 0 Å². The molecule has 3 nitrogen and oxygen atoms in total. The fraction of sp³-hybridized carbons (Fsp3) is 0.0182. The van der Waals surface area contributed by atoms with E-state index in [4.69, 9.17) is 8.83 Å². The summed E-state index contributed by atoms with van der Waals surface area (Å²) in [5.74, 6) is 0. The van der Waals surface area contributed by atoms with Crippen LogP contribution < -0.4 is 4.90 Å². The Kier molecular flexibility index (Phi) is 8.04. The molecule has 0 aliphatic carbocycles. The van der Waals surface area contributed by atoms with Crippen LogP contribution >= 0.6 is 0 Å². The van der Waals surface area contributed by atoms with Crippen LogP contribution in [0.2, 0.25) is 0 Å². The van der Waals surface area contributed by atoms with Crippen molar-refractivity contribution in [1.82, 2.24) is 0 Å². The molecule has 3 heteroatoms. The maximum atomic E-state index is 6.40. The summed E-state index contributed by atoms with van der Waals surface area (Å²) < 4.78 is 12.8. The second kappa shape index (κ2) is 13.8. The summed E-state index contributed by atoms with van der Waals surface area (Å²) in [6.45, 7) is 5.13. The summed E-state index contributed by atoms with van der Waals surface area (Å²) >= 11 is 0. The lowest BCUT2D eigenvalue weighted by atomic mass is 9.95. The molecule has 58 heavy (non-hydrogen) atoms. The normalized spacial score (nSPS) is 14.1. The molecule has 0 saturated heterocycles. The lowest BCUT2D eigenvalue weighted by Gasteiger charge is -2.27. The lowest BCUT2D eigenvalue weighted by Crippen LogP contribution is -2.18. The minimum atomic E-state index is 0.693. The van der Waals surface area contributed by atoms with E-state index in [1.807, 2.05) is 0 Å². The highest BCUT2D eigenvalue weighted by atomic mass is 16.3. The number of benzene rings is 8. The first-order valence-electron chi connectivity index (χ1n) is 19.7. The summed E-state index contributed by atoms with van der Waals surface area (Å²) in [4.78, 5) is 2.40. The largest absolute Gasteiger partial charge is 0.456 e. The minimum absolute atomic E-state index is 0.693. The number of para-hydroxylation sites is 1. The maximum absolute atomic E-state index is 6.40. The van der Waals surface area contributed by atoms with Crippen molar-refractivity contribution in [3.05, 3.63) is 212 Å². The standard InChI is InChI=1S/C55H37NO2/c1-36-13-5-4-12-28-56(51-19-11-10-18-46(36)51)45-30-43(41-22-26-54-49(34-41)47-32-39(20-24-52(47)57-54)37-14-6-2-7-15-37)29-44(31-45)42-23-27-55-50(35-42)48-33-40(21-25-53(48)58-55)38-16-8-3-9-17-38/h2-27,29-35H,1,28H2/b12-4-,13-5-. The predicted molar refractivity (Wildman–Crippen MR) is 244 cm³/mol. The van der Waals surface area contributed by atoms with E-state index in [2.05, 4.69) is 212 Å². The van der Waals surface area contributed by atoms with Crippen molar-refractivity contribution in [1.29, 1.82) is 0 Å². The zero-order valence-corrected chi connectivity index (χ0v) is 31.7. The molecule has 0 amide bonds. The van der Waals surface area contributed by atoms with Crippen LogP contribution in [0.3, 0.4) is 0 Å². The van der Waals surface area contributed by atoms with Gasteiger partial charge in [0, 0.05) is 45.0 Å². The number of hydrogen-bond donors (Lipinski definition) is 0. The molecule has 274 valence electrons. The van der Waals surface area contributed by atoms with Gasteiger partial charge in [0.25, 0.3) is 0 Å². The van der Waals surface area contributed by atoms with E-state index in [-0.39, 0.29) is 0 Å². The van der Waals surface area contributed by atoms with Crippen molar-refractivity contribution in [3.8, 4) is 44.5 Å². The Balaban J connectivity index is 1.10. The summed E-state index contributed by atoms with van der Waals surface area (Å²) in [6.07, 6.45) is 8.48. The molecule has 0 unspecified atom stereocenters. The first-order chi connectivity index (χ1) is 28.6. The second-order valence-corrected chi connectivity index (χ2v) is 15.0. The zero-order chi connectivity index (χ0) is 38.6. The van der Waals surface area contributed by atoms with E-state index in [1.165, 1.54) is 22.3 Å². The van der Waals surface area contributed by atoms with Gasteiger partial charge in [-0.3, -0.25) is 0 Å². The van der Waals surface area contributed by atoms with Crippen LogP contribution in [0.4, 0.5) is 11.4 Å². The molecule has 8 aromatic carbocycles. The van der Waals surface area contributed by atoms with Crippen molar-refractivity contribution >= 4 is 60.8 Å². The summed E-state index contributed by atoms with van der Waals surface area (Å²) in [5.41, 5.74) is 16.9. The van der Waals surface area contributed by atoms with E-state index in [1.54, 1.807) is 0 Å². The molecule has 1 aliphatic heterocycles. The first-order valence-corrected chi connectivity index (χ1v) is 19.7. The van der Waals surface area contributed by atoms with Gasteiger partial charge < -0.3 is 13.7 Å². The van der Waals surface area contributed by atoms with Crippen LogP contribution in [0.25, 0.3) is 94.0 Å². The molecule has 1 aliphatic rings. The Labute approximate surface area is 336 Å². The Morgan fingerprint density at radius 2 is 0.845 bits per heavy atom. The van der Waals surface area contributed by atoms with Gasteiger partial charge in [-0.1, -0.05) is 134 Å². The van der Waals surface area contributed by atoms with Gasteiger partial charge in [-0.2, -0.15) is 0 Å². The highest BCUT2D eigenvalue weighted by molar-refractivity contribution is 6.09. The summed E-state index contributed by atoms with van der Waals surface area (Å²) in [6, 6.07) is 62.7. The summed E-state index contributed by atoms with van der Waals surface area (Å²) in [7, 11) is 0. The molecule has 0 radical (unpaired) electrons. The van der Waals surface area contributed by atoms with Crippen LogP contribution in [-0.4, -0.2) is 6.54 Å². The number of hydrogen-bond acceptors (Lipinski definition) is 3. The average Bonchev–Trinajstić information content (AvgIpc) is 3.86. The van der Waals surface area contributed by atoms with Gasteiger partial charge in [0.1, 0.15) is 22.3 Å². The van der Waals surface area contributed by atoms with E-state index in [9.17, 15) is 0 Å². The minimum Gasteiger partial charge on any atom is -0.456 e. The quantitative estimate of drug-likeness (QED) is 0.176. The number of rotatable bonds is 5. The highest BCUT2D eigenvalue weighted by Crippen LogP contribution is 2.42. The fourth-order valence-corrected chi connectivity index (χ4v) is 8.46. The molecule has 0 fully saturated rings. The number of furan rings is 2. The zero-order valence-electron chi connectivity index (χ0n) is 31.7. The molecule has 0 bridgehead atoms. The number of allylic oxidation sites excluding steroid dienone is 4. The smallest absolute Gasteiger partial charge is 0.135 e. The van der Waals surface area contributed by atoms with Crippen LogP contribution in [0.5, 0.6) is 0 Å². The topological polar surface area (TPSA) is 29.5 Å². The van der Waals surface area contributed by atoms with Crippen LogP contribution in [0.1, 0.15) is 5.56 Å². The average molecular weight is 744 g/mol. The van der Waals surface area contributed by atoms with E-state index >= 15 is 0 Å². The van der Waals surface area contributed by atoms with Gasteiger partial charge in [0.2, 0.25) is 0 Å². The van der Waals surface area contributed by atoms with Gasteiger partial charge in [0.15, 0.2) is 0 Å². The predicted octanol–water partition coefficient (Wildman–Crippen LogP) is 15.4. The van der Waals surface area contributed by atoms with Gasteiger partial charge in [0.05, 0.1) is 0 Å². The van der Waals surface area contributed by atoms with Crippen molar-refractivity contribution in [2.45, 2.75) is 0 Å². The first kappa shape index (κ1) is 33.7. The summed E-state index contributed by atoms with van der Waals surface area (Å²) in [5, 5.41) is 4.39. The van der Waals surface area contributed by atoms with Crippen molar-refractivity contribution in [2.75, 3.05) is 11.4 Å². The third-order valence-corrected chi connectivity index (χ3v) is 11.4. The third kappa shape index (κ3) is 5.93. The molecule has 2 aromatic heterocycles. The van der Waals surface area contributed by atoms with Crippen molar-refractivity contribution in [3.63, 3.8) is 0 Å². The van der Waals surface area contributed by atoms with E-state index in [0.717, 1.165) is 88.6 Å². The monoisotopic (exact) mass is 743 g/mol. The lowest BCUT2D eigenvalue weighted by molar-refractivity contribution is 0.668. The Hall–Kier alpha value is -7.62. The fourth-order valence-electron chi connectivity index (χ4n) is 8.46. The highest BCUT2D eigenvalue weighted by Gasteiger charge is 2.19. The molecular formula is C55H37NO2. The molecule has 0 N–H and O–H groups in total. The van der Waals surface area contributed by atoms with Gasteiger partial charge in [-0.25, -0.2) is 0 Å². The molecule has 0 spiro atoms. The van der Waals surface area contributed by atoms with Crippen molar-refractivity contribution < 1.29 is 8.83 Å². The van der Waals surface area contributed by atoms with Crippen molar-refractivity contribution in [2.24, 2.45) is 0 Å². The molecule has 11 rings (SSSR count). The van der Waals surface area contributed by atoms with Gasteiger partial charge in [-0.05, 0) is 123 Å². The number of fused-ring (bicyclic) bond motifs is 7. The Bertz CT molecular complexity index is 3100. The van der Waals surface area contributed by atoms with E-state index in [0.29, 0.717) is 6.54 Å². The Morgan fingerprint density at radius 1 is 0.397 bits per heavy atom. The number of nitrogens with zero attached hydrogens (tertiary/aromatic N) is 1. The van der Waals surface area contributed by atoms with Gasteiger partial charge in [-0.15, -0.1) is 0 Å². The molecule has 0 atom stereocenters. The van der Waals surface area contributed by atoms with Crippen LogP contribution in [0.15, 0.2) is 216 Å². The van der Waals surface area contributed by atoms with Gasteiger partial charge >= 0.3 is 0 Å². The molecule has 0 saturated carbocycles. The second-order valence-electron chi connectivity index (χ2n) is 15.0. The molecule has 10 aromatic rings. The maximum Gasteiger partial charge on any atom is 0.135 e. The van der Waals surface area contributed by atoms with E-state index < -0.39 is 0 Å². The Morgan fingerprint density at radius 3 is 1.34 bits per heavy atom. The molecule has 3 heterocycles. The number of anilines is 2. The molecular weight excluding hydrogens is 707 g/mol. The SMILES string of the molecule is C=C1/C=C\C=C/CN(c2cc(-c3ccc4oc5ccc(-c6ccccc6)cc5c4c3)cc(-c3ccc4oc5ccc(-c6ccccc6)cc5c4c3)c2)c2ccccc21.